The van der Waals surface area contributed by atoms with Crippen LogP contribution in [0, 0.1) is 0 Å². The fourth-order valence-corrected chi connectivity index (χ4v) is 2.99. The summed E-state index contributed by atoms with van der Waals surface area (Å²) in [5.41, 5.74) is 0.615. The van der Waals surface area contributed by atoms with Crippen molar-refractivity contribution < 1.29 is 4.79 Å². The van der Waals surface area contributed by atoms with Gasteiger partial charge < -0.3 is 4.90 Å². The van der Waals surface area contributed by atoms with E-state index in [-0.39, 0.29) is 5.91 Å². The number of likely N-dealkylation sites (tertiary alicyclic amines) is 1. The van der Waals surface area contributed by atoms with Gasteiger partial charge in [-0.1, -0.05) is 37.6 Å². The molecule has 1 fully saturated rings. The van der Waals surface area contributed by atoms with E-state index >= 15 is 0 Å². The van der Waals surface area contributed by atoms with Crippen LogP contribution in [0.3, 0.4) is 0 Å². The fraction of sp³-hybridized carbons (Fsp3) is 0.533. The van der Waals surface area contributed by atoms with Crippen molar-refractivity contribution >= 4 is 17.5 Å². The maximum absolute atomic E-state index is 12.4. The number of hydrogen-bond donors (Lipinski definition) is 0. The van der Waals surface area contributed by atoms with Gasteiger partial charge in [-0.15, -0.1) is 0 Å². The third-order valence-electron chi connectivity index (χ3n) is 3.88. The van der Waals surface area contributed by atoms with Crippen molar-refractivity contribution in [2.24, 2.45) is 0 Å². The van der Waals surface area contributed by atoms with E-state index in [1.54, 1.807) is 12.1 Å². The molecular formula is C15H21ClN2O. The monoisotopic (exact) mass is 280 g/mol. The van der Waals surface area contributed by atoms with E-state index in [4.69, 9.17) is 11.6 Å². The summed E-state index contributed by atoms with van der Waals surface area (Å²) in [5.74, 6) is 0.0558. The lowest BCUT2D eigenvalue weighted by atomic mass is 10.2. The molecule has 0 spiro atoms. The Morgan fingerprint density at radius 3 is 2.68 bits per heavy atom. The Balaban J connectivity index is 2.05. The summed E-state index contributed by atoms with van der Waals surface area (Å²) in [4.78, 5) is 16.8. The Labute approximate surface area is 120 Å². The molecule has 0 saturated carbocycles. The highest BCUT2D eigenvalue weighted by Crippen LogP contribution is 2.21. The molecule has 4 heteroatoms. The molecule has 1 atom stereocenters. The molecule has 0 N–H and O–H groups in total. The maximum atomic E-state index is 12.4. The topological polar surface area (TPSA) is 23.6 Å². The first-order chi connectivity index (χ1) is 9.17. The zero-order valence-corrected chi connectivity index (χ0v) is 12.4. The minimum atomic E-state index is 0.0558. The van der Waals surface area contributed by atoms with Gasteiger partial charge in [-0.05, 0) is 31.6 Å². The highest BCUT2D eigenvalue weighted by Gasteiger charge is 2.30. The summed E-state index contributed by atoms with van der Waals surface area (Å²) in [5, 5.41) is 0.541. The third-order valence-corrected chi connectivity index (χ3v) is 4.21. The summed E-state index contributed by atoms with van der Waals surface area (Å²) in [6, 6.07) is 7.77. The number of hydrogen-bond acceptors (Lipinski definition) is 2. The molecule has 3 nitrogen and oxygen atoms in total. The average Bonchev–Trinajstić information content (AvgIpc) is 2.90. The van der Waals surface area contributed by atoms with Crippen molar-refractivity contribution in [1.82, 2.24) is 9.80 Å². The van der Waals surface area contributed by atoms with E-state index in [2.05, 4.69) is 18.7 Å². The normalized spacial score (nSPS) is 19.2. The van der Waals surface area contributed by atoms with Gasteiger partial charge in [0, 0.05) is 19.1 Å². The maximum Gasteiger partial charge on any atom is 0.255 e. The molecule has 1 unspecified atom stereocenters. The smallest absolute Gasteiger partial charge is 0.255 e. The van der Waals surface area contributed by atoms with Crippen molar-refractivity contribution in [3.05, 3.63) is 34.9 Å². The van der Waals surface area contributed by atoms with Crippen LogP contribution in [-0.2, 0) is 0 Å². The number of benzene rings is 1. The van der Waals surface area contributed by atoms with Gasteiger partial charge in [0.1, 0.15) is 0 Å². The van der Waals surface area contributed by atoms with Gasteiger partial charge in [-0.25, -0.2) is 0 Å². The molecule has 19 heavy (non-hydrogen) atoms. The number of rotatable bonds is 4. The zero-order valence-electron chi connectivity index (χ0n) is 11.6. The highest BCUT2D eigenvalue weighted by atomic mass is 35.5. The lowest BCUT2D eigenvalue weighted by molar-refractivity contribution is 0.0778. The summed E-state index contributed by atoms with van der Waals surface area (Å²) < 4.78 is 0. The Morgan fingerprint density at radius 1 is 1.37 bits per heavy atom. The van der Waals surface area contributed by atoms with E-state index < -0.39 is 0 Å². The number of carbonyl (C=O) groups is 1. The first-order valence-electron chi connectivity index (χ1n) is 6.95. The van der Waals surface area contributed by atoms with Gasteiger partial charge >= 0.3 is 0 Å². The van der Waals surface area contributed by atoms with Crippen LogP contribution in [0.1, 0.15) is 30.6 Å². The van der Waals surface area contributed by atoms with Crippen LogP contribution in [0.25, 0.3) is 0 Å². The number of carbonyl (C=O) groups excluding carboxylic acids is 1. The van der Waals surface area contributed by atoms with Crippen LogP contribution < -0.4 is 0 Å². The quantitative estimate of drug-likeness (QED) is 0.847. The van der Waals surface area contributed by atoms with Gasteiger partial charge in [0.2, 0.25) is 0 Å². The minimum absolute atomic E-state index is 0.0558. The van der Waals surface area contributed by atoms with Crippen molar-refractivity contribution in [2.75, 3.05) is 26.2 Å². The predicted molar refractivity (Wildman–Crippen MR) is 78.7 cm³/mol. The molecule has 1 aliphatic rings. The standard InChI is InChI=1S/C15H21ClN2O/c1-3-17(4-2)12-9-10-18(11-12)15(19)13-7-5-6-8-14(13)16/h5-8,12H,3-4,9-11H2,1-2H3. The van der Waals surface area contributed by atoms with Gasteiger partial charge in [0.15, 0.2) is 0 Å². The molecule has 1 aliphatic heterocycles. The summed E-state index contributed by atoms with van der Waals surface area (Å²) in [6.45, 7) is 8.05. The molecule has 0 bridgehead atoms. The van der Waals surface area contributed by atoms with Gasteiger partial charge in [-0.3, -0.25) is 9.69 Å². The Kier molecular flexibility index (Phi) is 4.83. The third kappa shape index (κ3) is 3.10. The summed E-state index contributed by atoms with van der Waals surface area (Å²) in [6.07, 6.45) is 1.05. The highest BCUT2D eigenvalue weighted by molar-refractivity contribution is 6.33. The van der Waals surface area contributed by atoms with E-state index in [9.17, 15) is 4.79 Å². The van der Waals surface area contributed by atoms with Crippen molar-refractivity contribution in [1.29, 1.82) is 0 Å². The predicted octanol–water partition coefficient (Wildman–Crippen LogP) is 2.90. The Hall–Kier alpha value is -1.06. The van der Waals surface area contributed by atoms with Crippen LogP contribution >= 0.6 is 11.6 Å². The molecule has 1 aromatic carbocycles. The van der Waals surface area contributed by atoms with E-state index in [1.807, 2.05) is 17.0 Å². The number of nitrogens with zero attached hydrogens (tertiary/aromatic N) is 2. The second-order valence-electron chi connectivity index (χ2n) is 4.89. The van der Waals surface area contributed by atoms with Gasteiger partial charge in [0.25, 0.3) is 5.91 Å². The summed E-state index contributed by atoms with van der Waals surface area (Å²) >= 11 is 6.09. The zero-order chi connectivity index (χ0) is 13.8. The first-order valence-corrected chi connectivity index (χ1v) is 7.33. The molecule has 0 aromatic heterocycles. The van der Waals surface area contributed by atoms with E-state index in [1.165, 1.54) is 0 Å². The number of likely N-dealkylation sites (N-methyl/N-ethyl adjacent to an activating group) is 1. The Morgan fingerprint density at radius 2 is 2.05 bits per heavy atom. The molecule has 1 aromatic rings. The molecule has 1 heterocycles. The average molecular weight is 281 g/mol. The fourth-order valence-electron chi connectivity index (χ4n) is 2.77. The van der Waals surface area contributed by atoms with Crippen molar-refractivity contribution in [3.8, 4) is 0 Å². The number of halogens is 1. The van der Waals surface area contributed by atoms with Crippen molar-refractivity contribution in [3.63, 3.8) is 0 Å². The van der Waals surface area contributed by atoms with Crippen LogP contribution in [-0.4, -0.2) is 47.9 Å². The SMILES string of the molecule is CCN(CC)C1CCN(C(=O)c2ccccc2Cl)C1. The number of amides is 1. The van der Waals surface area contributed by atoms with Crippen LogP contribution in [0.4, 0.5) is 0 Å². The summed E-state index contributed by atoms with van der Waals surface area (Å²) in [7, 11) is 0. The largest absolute Gasteiger partial charge is 0.337 e. The molecule has 0 aliphatic carbocycles. The second-order valence-corrected chi connectivity index (χ2v) is 5.30. The van der Waals surface area contributed by atoms with E-state index in [0.717, 1.165) is 32.6 Å². The molecular weight excluding hydrogens is 260 g/mol. The lowest BCUT2D eigenvalue weighted by Gasteiger charge is -2.26. The van der Waals surface area contributed by atoms with Crippen LogP contribution in [0.15, 0.2) is 24.3 Å². The molecule has 0 radical (unpaired) electrons. The minimum Gasteiger partial charge on any atom is -0.337 e. The second kappa shape index (κ2) is 6.40. The molecule has 2 rings (SSSR count). The van der Waals surface area contributed by atoms with Gasteiger partial charge in [-0.2, -0.15) is 0 Å². The molecule has 104 valence electrons. The van der Waals surface area contributed by atoms with Gasteiger partial charge in [0.05, 0.1) is 10.6 Å². The van der Waals surface area contributed by atoms with Crippen LogP contribution in [0.5, 0.6) is 0 Å². The molecule has 1 amide bonds. The lowest BCUT2D eigenvalue weighted by Crippen LogP contribution is -2.38. The molecule has 1 saturated heterocycles. The van der Waals surface area contributed by atoms with Crippen LogP contribution in [0.2, 0.25) is 5.02 Å². The first kappa shape index (κ1) is 14.4. The Bertz CT molecular complexity index is 446. The van der Waals surface area contributed by atoms with Crippen molar-refractivity contribution in [2.45, 2.75) is 26.3 Å². The van der Waals surface area contributed by atoms with E-state index in [0.29, 0.717) is 16.6 Å².